The normalized spacial score (nSPS) is 11.8. The number of unbranched alkanes of at least 4 members (excludes halogenated alkanes) is 1. The van der Waals surface area contributed by atoms with E-state index in [1.165, 1.54) is 4.31 Å². The molecule has 1 N–H and O–H groups in total. The van der Waals surface area contributed by atoms with E-state index in [1.54, 1.807) is 14.2 Å². The number of sulfonamides is 1. The number of nitrogens with one attached hydrogen (secondary N) is 1. The van der Waals surface area contributed by atoms with Crippen LogP contribution >= 0.6 is 0 Å². The Morgan fingerprint density at radius 1 is 1.19 bits per heavy atom. The van der Waals surface area contributed by atoms with Gasteiger partial charge in [-0.3, -0.25) is 0 Å². The van der Waals surface area contributed by atoms with E-state index < -0.39 is 10.0 Å². The minimum atomic E-state index is -3.19. The largest absolute Gasteiger partial charge is 0.497 e. The molecule has 0 heterocycles. The molecule has 0 spiro atoms. The van der Waals surface area contributed by atoms with Gasteiger partial charge >= 0.3 is 0 Å². The van der Waals surface area contributed by atoms with Crippen molar-refractivity contribution >= 4 is 10.0 Å². The number of hydrogen-bond donors (Lipinski definition) is 1. The topological polar surface area (TPSA) is 58.6 Å². The highest BCUT2D eigenvalue weighted by Crippen LogP contribution is 2.14. The molecule has 0 aromatic heterocycles. The molecule has 0 saturated carbocycles. The molecule has 0 unspecified atom stereocenters. The van der Waals surface area contributed by atoms with Crippen LogP contribution in [0.1, 0.15) is 25.3 Å². The standard InChI is InChI=1S/C15H26N2O3S/c1-4-16-11-5-6-12-21(18,19)17(2)13-14-7-9-15(20-3)10-8-14/h7-10,16H,4-6,11-13H2,1-3H3. The molecule has 21 heavy (non-hydrogen) atoms. The van der Waals surface area contributed by atoms with Crippen LogP contribution in [-0.2, 0) is 16.6 Å². The highest BCUT2D eigenvalue weighted by atomic mass is 32.2. The summed E-state index contributed by atoms with van der Waals surface area (Å²) in [6, 6.07) is 7.45. The van der Waals surface area contributed by atoms with E-state index in [0.29, 0.717) is 13.0 Å². The Morgan fingerprint density at radius 2 is 1.86 bits per heavy atom. The zero-order valence-electron chi connectivity index (χ0n) is 13.1. The van der Waals surface area contributed by atoms with Crippen molar-refractivity contribution in [1.82, 2.24) is 9.62 Å². The summed E-state index contributed by atoms with van der Waals surface area (Å²) < 4.78 is 30.9. The third-order valence-electron chi connectivity index (χ3n) is 3.30. The highest BCUT2D eigenvalue weighted by Gasteiger charge is 2.17. The van der Waals surface area contributed by atoms with Gasteiger partial charge in [0.05, 0.1) is 12.9 Å². The van der Waals surface area contributed by atoms with E-state index in [2.05, 4.69) is 5.32 Å². The smallest absolute Gasteiger partial charge is 0.214 e. The van der Waals surface area contributed by atoms with Gasteiger partial charge in [-0.05, 0) is 43.6 Å². The van der Waals surface area contributed by atoms with Gasteiger partial charge in [-0.15, -0.1) is 0 Å². The van der Waals surface area contributed by atoms with Crippen LogP contribution in [0.3, 0.4) is 0 Å². The molecule has 0 aliphatic rings. The van der Waals surface area contributed by atoms with Crippen LogP contribution in [0.25, 0.3) is 0 Å². The van der Waals surface area contributed by atoms with E-state index in [9.17, 15) is 8.42 Å². The molecular weight excluding hydrogens is 288 g/mol. The van der Waals surface area contributed by atoms with Crippen molar-refractivity contribution in [3.05, 3.63) is 29.8 Å². The fourth-order valence-electron chi connectivity index (χ4n) is 1.95. The van der Waals surface area contributed by atoms with Crippen LogP contribution in [0.4, 0.5) is 0 Å². The Balaban J connectivity index is 2.46. The zero-order chi connectivity index (χ0) is 15.7. The molecule has 0 aliphatic heterocycles. The fourth-order valence-corrected chi connectivity index (χ4v) is 3.18. The minimum absolute atomic E-state index is 0.199. The van der Waals surface area contributed by atoms with Crippen molar-refractivity contribution in [2.45, 2.75) is 26.3 Å². The van der Waals surface area contributed by atoms with Crippen molar-refractivity contribution in [3.8, 4) is 5.75 Å². The van der Waals surface area contributed by atoms with E-state index in [0.717, 1.165) is 30.8 Å². The maximum absolute atomic E-state index is 12.2. The summed E-state index contributed by atoms with van der Waals surface area (Å²) in [6.45, 7) is 4.22. The monoisotopic (exact) mass is 314 g/mol. The molecule has 1 rings (SSSR count). The maximum Gasteiger partial charge on any atom is 0.214 e. The highest BCUT2D eigenvalue weighted by molar-refractivity contribution is 7.89. The molecular formula is C15H26N2O3S. The van der Waals surface area contributed by atoms with E-state index >= 15 is 0 Å². The number of rotatable bonds is 10. The number of nitrogens with zero attached hydrogens (tertiary/aromatic N) is 1. The lowest BCUT2D eigenvalue weighted by Gasteiger charge is -2.17. The minimum Gasteiger partial charge on any atom is -0.497 e. The average Bonchev–Trinajstić information content (AvgIpc) is 2.47. The zero-order valence-corrected chi connectivity index (χ0v) is 13.9. The summed E-state index contributed by atoms with van der Waals surface area (Å²) in [5, 5.41) is 3.19. The van der Waals surface area contributed by atoms with E-state index in [-0.39, 0.29) is 5.75 Å². The van der Waals surface area contributed by atoms with Gasteiger partial charge in [0.1, 0.15) is 5.75 Å². The van der Waals surface area contributed by atoms with Gasteiger partial charge in [0, 0.05) is 13.6 Å². The first-order valence-corrected chi connectivity index (χ1v) is 8.88. The molecule has 0 fully saturated rings. The predicted molar refractivity (Wildman–Crippen MR) is 86.0 cm³/mol. The molecule has 120 valence electrons. The number of methoxy groups -OCH3 is 1. The van der Waals surface area contributed by atoms with Gasteiger partial charge in [-0.2, -0.15) is 0 Å². The summed E-state index contributed by atoms with van der Waals surface area (Å²) in [4.78, 5) is 0. The van der Waals surface area contributed by atoms with Crippen LogP contribution < -0.4 is 10.1 Å². The summed E-state index contributed by atoms with van der Waals surface area (Å²) >= 11 is 0. The molecule has 0 aliphatic carbocycles. The summed E-state index contributed by atoms with van der Waals surface area (Å²) in [5.41, 5.74) is 0.953. The van der Waals surface area contributed by atoms with E-state index in [4.69, 9.17) is 4.74 Å². The van der Waals surface area contributed by atoms with Crippen LogP contribution in [0.5, 0.6) is 5.75 Å². The van der Waals surface area contributed by atoms with Crippen molar-refractivity contribution < 1.29 is 13.2 Å². The first-order chi connectivity index (χ1) is 9.99. The van der Waals surface area contributed by atoms with Gasteiger partial charge in [0.15, 0.2) is 0 Å². The first kappa shape index (κ1) is 17.9. The Labute approximate surface area is 128 Å². The first-order valence-electron chi connectivity index (χ1n) is 7.27. The third kappa shape index (κ3) is 6.46. The lowest BCUT2D eigenvalue weighted by molar-refractivity contribution is 0.414. The Morgan fingerprint density at radius 3 is 2.43 bits per heavy atom. The molecule has 5 nitrogen and oxygen atoms in total. The summed E-state index contributed by atoms with van der Waals surface area (Å²) in [6.07, 6.45) is 1.56. The molecule has 0 saturated heterocycles. The van der Waals surface area contributed by atoms with Gasteiger partial charge in [0.2, 0.25) is 10.0 Å². The van der Waals surface area contributed by atoms with Gasteiger partial charge in [0.25, 0.3) is 0 Å². The van der Waals surface area contributed by atoms with Crippen molar-refractivity contribution in [3.63, 3.8) is 0 Å². The molecule has 0 amide bonds. The van der Waals surface area contributed by atoms with Crippen LogP contribution in [0.2, 0.25) is 0 Å². The number of hydrogen-bond acceptors (Lipinski definition) is 4. The molecule has 1 aromatic rings. The second-order valence-corrected chi connectivity index (χ2v) is 7.18. The average molecular weight is 314 g/mol. The Bertz CT molecular complexity index is 500. The molecule has 1 aromatic carbocycles. The van der Waals surface area contributed by atoms with Crippen LogP contribution in [0.15, 0.2) is 24.3 Å². The summed E-state index contributed by atoms with van der Waals surface area (Å²) in [5.74, 6) is 0.970. The predicted octanol–water partition coefficient (Wildman–Crippen LogP) is 1.85. The lowest BCUT2D eigenvalue weighted by Crippen LogP contribution is -2.29. The van der Waals surface area contributed by atoms with Crippen molar-refractivity contribution in [2.24, 2.45) is 0 Å². The van der Waals surface area contributed by atoms with Crippen LogP contribution in [-0.4, -0.2) is 45.7 Å². The summed E-state index contributed by atoms with van der Waals surface area (Å²) in [7, 11) is 0.0519. The second-order valence-electron chi connectivity index (χ2n) is 4.98. The van der Waals surface area contributed by atoms with Gasteiger partial charge < -0.3 is 10.1 Å². The van der Waals surface area contributed by atoms with Crippen molar-refractivity contribution in [1.29, 1.82) is 0 Å². The number of ether oxygens (including phenoxy) is 1. The van der Waals surface area contributed by atoms with E-state index in [1.807, 2.05) is 31.2 Å². The fraction of sp³-hybridized carbons (Fsp3) is 0.600. The van der Waals surface area contributed by atoms with Gasteiger partial charge in [-0.1, -0.05) is 19.1 Å². The van der Waals surface area contributed by atoms with Gasteiger partial charge in [-0.25, -0.2) is 12.7 Å². The number of benzene rings is 1. The van der Waals surface area contributed by atoms with Crippen molar-refractivity contribution in [2.75, 3.05) is 33.0 Å². The molecule has 0 bridgehead atoms. The molecule has 6 heteroatoms. The lowest BCUT2D eigenvalue weighted by atomic mass is 10.2. The molecule has 0 atom stereocenters. The van der Waals surface area contributed by atoms with Crippen LogP contribution in [0, 0.1) is 0 Å². The third-order valence-corrected chi connectivity index (χ3v) is 5.18. The maximum atomic E-state index is 12.2. The Kier molecular flexibility index (Phi) is 7.71. The second kappa shape index (κ2) is 9.02. The molecule has 0 radical (unpaired) electrons. The quantitative estimate of drug-likeness (QED) is 0.670. The SMILES string of the molecule is CCNCCCCS(=O)(=O)N(C)Cc1ccc(OC)cc1. The Hall–Kier alpha value is -1.11.